The van der Waals surface area contributed by atoms with Crippen molar-refractivity contribution in [2.75, 3.05) is 0 Å². The van der Waals surface area contributed by atoms with Gasteiger partial charge >= 0.3 is 0 Å². The average molecular weight is 379 g/mol. The van der Waals surface area contributed by atoms with Gasteiger partial charge in [0.05, 0.1) is 11.1 Å². The van der Waals surface area contributed by atoms with E-state index in [0.29, 0.717) is 11.7 Å². The van der Waals surface area contributed by atoms with Gasteiger partial charge < -0.3 is 0 Å². The van der Waals surface area contributed by atoms with Crippen LogP contribution in [0.2, 0.25) is 0 Å². The van der Waals surface area contributed by atoms with Crippen molar-refractivity contribution in [2.24, 2.45) is 11.3 Å². The Morgan fingerprint density at radius 2 is 1.96 bits per heavy atom. The van der Waals surface area contributed by atoms with Crippen molar-refractivity contribution < 1.29 is 0 Å². The first-order valence-corrected chi connectivity index (χ1v) is 10.2. The molecule has 0 bridgehead atoms. The molecule has 1 aliphatic carbocycles. The zero-order chi connectivity index (χ0) is 18.8. The van der Waals surface area contributed by atoms with E-state index in [1.54, 1.807) is 22.2 Å². The highest BCUT2D eigenvalue weighted by molar-refractivity contribution is 7.18. The summed E-state index contributed by atoms with van der Waals surface area (Å²) in [6, 6.07) is 9.71. The van der Waals surface area contributed by atoms with E-state index in [2.05, 4.69) is 31.0 Å². The molecule has 0 radical (unpaired) electrons. The number of hydrogen-bond acceptors (Lipinski definition) is 4. The van der Waals surface area contributed by atoms with Crippen LogP contribution in [0.15, 0.2) is 41.5 Å². The lowest BCUT2D eigenvalue weighted by atomic mass is 9.72. The second-order valence-electron chi connectivity index (χ2n) is 8.47. The quantitative estimate of drug-likeness (QED) is 0.498. The van der Waals surface area contributed by atoms with Crippen molar-refractivity contribution in [1.29, 1.82) is 0 Å². The second-order valence-corrected chi connectivity index (χ2v) is 9.55. The van der Waals surface area contributed by atoms with Gasteiger partial charge in [0.15, 0.2) is 0 Å². The summed E-state index contributed by atoms with van der Waals surface area (Å²) in [6.07, 6.45) is 4.87. The van der Waals surface area contributed by atoms with Crippen LogP contribution in [0.5, 0.6) is 0 Å². The first kappa shape index (κ1) is 16.7. The van der Waals surface area contributed by atoms with E-state index in [9.17, 15) is 4.79 Å². The monoisotopic (exact) mass is 378 g/mol. The molecule has 5 nitrogen and oxygen atoms in total. The Labute approximate surface area is 161 Å². The lowest BCUT2D eigenvalue weighted by Crippen LogP contribution is -2.27. The summed E-state index contributed by atoms with van der Waals surface area (Å²) >= 11 is 1.74. The van der Waals surface area contributed by atoms with Gasteiger partial charge in [0.1, 0.15) is 11.2 Å². The summed E-state index contributed by atoms with van der Waals surface area (Å²) in [4.78, 5) is 15.9. The van der Waals surface area contributed by atoms with E-state index in [4.69, 9.17) is 0 Å². The van der Waals surface area contributed by atoms with Gasteiger partial charge in [-0.05, 0) is 48.3 Å². The SMILES string of the molecule is CC(C)(C)[C@@H]1CCc2c(sc3c2c(=O)n(-c2ccccc2)c2nncn32)C1. The zero-order valence-electron chi connectivity index (χ0n) is 15.8. The molecule has 3 heterocycles. The molecule has 0 aliphatic heterocycles. The van der Waals surface area contributed by atoms with Crippen LogP contribution in [0.3, 0.4) is 0 Å². The molecule has 0 saturated heterocycles. The summed E-state index contributed by atoms with van der Waals surface area (Å²) < 4.78 is 3.66. The van der Waals surface area contributed by atoms with Crippen LogP contribution in [-0.2, 0) is 12.8 Å². The largest absolute Gasteiger partial charge is 0.268 e. The van der Waals surface area contributed by atoms with Crippen molar-refractivity contribution in [2.45, 2.75) is 40.0 Å². The Balaban J connectivity index is 1.82. The summed E-state index contributed by atoms with van der Waals surface area (Å²) in [5.74, 6) is 1.22. The minimum absolute atomic E-state index is 0.0170. The molecular formula is C21H22N4OS. The Morgan fingerprint density at radius 3 is 2.70 bits per heavy atom. The number of thiophene rings is 1. The minimum Gasteiger partial charge on any atom is -0.268 e. The third kappa shape index (κ3) is 2.46. The highest BCUT2D eigenvalue weighted by Gasteiger charge is 2.32. The molecule has 1 aliphatic rings. The van der Waals surface area contributed by atoms with Crippen molar-refractivity contribution in [1.82, 2.24) is 19.2 Å². The highest BCUT2D eigenvalue weighted by Crippen LogP contribution is 2.42. The first-order valence-electron chi connectivity index (χ1n) is 9.39. The van der Waals surface area contributed by atoms with E-state index in [1.807, 2.05) is 34.7 Å². The van der Waals surface area contributed by atoms with Crippen LogP contribution in [0.1, 0.15) is 37.6 Å². The van der Waals surface area contributed by atoms with Gasteiger partial charge in [0.2, 0.25) is 5.78 Å². The average Bonchev–Trinajstić information content (AvgIpc) is 3.25. The third-order valence-electron chi connectivity index (χ3n) is 5.85. The van der Waals surface area contributed by atoms with Crippen molar-refractivity contribution in [3.8, 4) is 5.69 Å². The number of aryl methyl sites for hydroxylation is 1. The molecule has 0 spiro atoms. The Bertz CT molecular complexity index is 1210. The van der Waals surface area contributed by atoms with Crippen LogP contribution in [0.4, 0.5) is 0 Å². The third-order valence-corrected chi connectivity index (χ3v) is 7.10. The number of aromatic nitrogens is 4. The van der Waals surface area contributed by atoms with E-state index in [0.717, 1.165) is 35.2 Å². The van der Waals surface area contributed by atoms with Gasteiger partial charge in [-0.2, -0.15) is 0 Å². The van der Waals surface area contributed by atoms with Crippen molar-refractivity contribution >= 4 is 27.3 Å². The summed E-state index contributed by atoms with van der Waals surface area (Å²) in [5.41, 5.74) is 2.36. The van der Waals surface area contributed by atoms with Gasteiger partial charge in [0, 0.05) is 4.88 Å². The molecular weight excluding hydrogens is 356 g/mol. The summed E-state index contributed by atoms with van der Waals surface area (Å²) in [7, 11) is 0. The van der Waals surface area contributed by atoms with E-state index in [1.165, 1.54) is 10.4 Å². The Morgan fingerprint density at radius 1 is 1.19 bits per heavy atom. The number of rotatable bonds is 1. The molecule has 5 rings (SSSR count). The van der Waals surface area contributed by atoms with Gasteiger partial charge in [0.25, 0.3) is 5.56 Å². The van der Waals surface area contributed by atoms with Crippen LogP contribution >= 0.6 is 11.3 Å². The molecule has 4 aromatic rings. The van der Waals surface area contributed by atoms with Crippen LogP contribution in [0.25, 0.3) is 21.7 Å². The Hall–Kier alpha value is -2.47. The predicted octanol–water partition coefficient (Wildman–Crippen LogP) is 4.25. The number of fused-ring (bicyclic) bond motifs is 5. The van der Waals surface area contributed by atoms with Gasteiger partial charge in [-0.1, -0.05) is 39.0 Å². The maximum Gasteiger partial charge on any atom is 0.268 e. The van der Waals surface area contributed by atoms with Gasteiger partial charge in [-0.3, -0.25) is 9.20 Å². The fourth-order valence-electron chi connectivity index (χ4n) is 4.24. The molecule has 0 N–H and O–H groups in total. The van der Waals surface area contributed by atoms with Gasteiger partial charge in [-0.15, -0.1) is 21.5 Å². The number of benzene rings is 1. The summed E-state index contributed by atoms with van der Waals surface area (Å²) in [5, 5.41) is 9.19. The predicted molar refractivity (Wildman–Crippen MR) is 109 cm³/mol. The fraction of sp³-hybridized carbons (Fsp3) is 0.381. The van der Waals surface area contributed by atoms with Crippen LogP contribution in [-0.4, -0.2) is 19.2 Å². The molecule has 0 saturated carbocycles. The maximum absolute atomic E-state index is 13.5. The smallest absolute Gasteiger partial charge is 0.268 e. The second kappa shape index (κ2) is 5.76. The molecule has 1 aromatic carbocycles. The molecule has 0 fully saturated rings. The molecule has 6 heteroatoms. The number of nitrogens with zero attached hydrogens (tertiary/aromatic N) is 4. The Kier molecular flexibility index (Phi) is 3.56. The normalized spacial score (nSPS) is 17.5. The molecule has 1 atom stereocenters. The van der Waals surface area contributed by atoms with Crippen LogP contribution < -0.4 is 5.56 Å². The number of hydrogen-bond donors (Lipinski definition) is 0. The number of para-hydroxylation sites is 1. The fourth-order valence-corrected chi connectivity index (χ4v) is 5.62. The summed E-state index contributed by atoms with van der Waals surface area (Å²) in [6.45, 7) is 6.95. The van der Waals surface area contributed by atoms with Crippen molar-refractivity contribution in [3.05, 3.63) is 57.5 Å². The zero-order valence-corrected chi connectivity index (χ0v) is 16.6. The van der Waals surface area contributed by atoms with Gasteiger partial charge in [-0.25, -0.2) is 4.57 Å². The van der Waals surface area contributed by atoms with E-state index < -0.39 is 0 Å². The standard InChI is InChI=1S/C21H22N4OS/c1-21(2,3)13-9-10-15-16(11-13)27-19-17(15)18(26)25(14-7-5-4-6-8-14)20-23-22-12-24(19)20/h4-8,12-13H,9-11H2,1-3H3/t13-/m1/s1. The highest BCUT2D eigenvalue weighted by atomic mass is 32.1. The maximum atomic E-state index is 13.5. The van der Waals surface area contributed by atoms with Crippen LogP contribution in [0, 0.1) is 11.3 Å². The molecule has 0 amide bonds. The minimum atomic E-state index is 0.0170. The molecule has 0 unspecified atom stereocenters. The molecule has 3 aromatic heterocycles. The van der Waals surface area contributed by atoms with Crippen molar-refractivity contribution in [3.63, 3.8) is 0 Å². The van der Waals surface area contributed by atoms with E-state index in [-0.39, 0.29) is 11.0 Å². The first-order chi connectivity index (χ1) is 12.9. The molecule has 138 valence electrons. The molecule has 27 heavy (non-hydrogen) atoms. The lowest BCUT2D eigenvalue weighted by Gasteiger charge is -2.33. The van der Waals surface area contributed by atoms with E-state index >= 15 is 0 Å². The lowest BCUT2D eigenvalue weighted by molar-refractivity contribution is 0.218. The topological polar surface area (TPSA) is 52.2 Å².